The van der Waals surface area contributed by atoms with Crippen molar-refractivity contribution in [1.29, 1.82) is 0 Å². The molecule has 1 aromatic heterocycles. The van der Waals surface area contributed by atoms with E-state index in [1.165, 1.54) is 34.6 Å². The molecule has 0 aromatic carbocycles. The van der Waals surface area contributed by atoms with Gasteiger partial charge in [0, 0.05) is 41.5 Å². The lowest BCUT2D eigenvalue weighted by Gasteiger charge is -2.35. The Morgan fingerprint density at radius 1 is 1.45 bits per heavy atom. The van der Waals surface area contributed by atoms with E-state index in [1.807, 2.05) is 11.3 Å². The summed E-state index contributed by atoms with van der Waals surface area (Å²) in [5.74, 6) is 0. The van der Waals surface area contributed by atoms with Crippen molar-refractivity contribution in [3.05, 3.63) is 21.4 Å². The lowest BCUT2D eigenvalue weighted by atomic mass is 10.1. The molecule has 4 heteroatoms. The molecule has 2 fully saturated rings. The van der Waals surface area contributed by atoms with E-state index >= 15 is 0 Å². The minimum Gasteiger partial charge on any atom is -0.378 e. The van der Waals surface area contributed by atoms with Gasteiger partial charge in [-0.3, -0.25) is 4.90 Å². The van der Waals surface area contributed by atoms with Crippen LogP contribution in [-0.4, -0.2) is 36.7 Å². The van der Waals surface area contributed by atoms with Crippen LogP contribution in [0.1, 0.15) is 41.5 Å². The van der Waals surface area contributed by atoms with E-state index in [0.29, 0.717) is 6.04 Å². The predicted octanol–water partition coefficient (Wildman–Crippen LogP) is 2.92. The fourth-order valence-corrected chi connectivity index (χ4v) is 3.86. The maximum atomic E-state index is 5.60. The average molecular weight is 294 g/mol. The summed E-state index contributed by atoms with van der Waals surface area (Å²) in [5.41, 5.74) is 1.52. The third-order valence-corrected chi connectivity index (χ3v) is 5.50. The summed E-state index contributed by atoms with van der Waals surface area (Å²) < 4.78 is 5.60. The fourth-order valence-electron chi connectivity index (χ4n) is 2.86. The zero-order valence-electron chi connectivity index (χ0n) is 12.7. The molecule has 1 unspecified atom stereocenters. The van der Waals surface area contributed by atoms with Crippen LogP contribution >= 0.6 is 11.3 Å². The highest BCUT2D eigenvalue weighted by Crippen LogP contribution is 2.26. The van der Waals surface area contributed by atoms with Crippen molar-refractivity contribution >= 4 is 11.3 Å². The number of aryl methyl sites for hydroxylation is 1. The first kappa shape index (κ1) is 14.5. The van der Waals surface area contributed by atoms with Gasteiger partial charge in [0.1, 0.15) is 0 Å². The highest BCUT2D eigenvalue weighted by atomic mass is 32.1. The Labute approximate surface area is 126 Å². The molecular weight excluding hydrogens is 268 g/mol. The highest BCUT2D eigenvalue weighted by Gasteiger charge is 2.23. The molecule has 0 radical (unpaired) electrons. The smallest absolute Gasteiger partial charge is 0.0622 e. The monoisotopic (exact) mass is 294 g/mol. The van der Waals surface area contributed by atoms with E-state index in [-0.39, 0.29) is 0 Å². The standard InChI is InChI=1S/C16H26N2OS/c1-3-15-11-19-7-6-18(15)10-13-8-16(20-12(13)2)9-17-14-4-5-14/h8,14-15,17H,3-7,9-11H2,1-2H3. The van der Waals surface area contributed by atoms with Crippen LogP contribution < -0.4 is 5.32 Å². The lowest BCUT2D eigenvalue weighted by Crippen LogP contribution is -2.44. The molecular formula is C16H26N2OS. The second-order valence-corrected chi connectivity index (χ2v) is 7.40. The fraction of sp³-hybridized carbons (Fsp3) is 0.750. The third-order valence-electron chi connectivity index (χ3n) is 4.41. The van der Waals surface area contributed by atoms with Gasteiger partial charge < -0.3 is 10.1 Å². The largest absolute Gasteiger partial charge is 0.378 e. The SMILES string of the molecule is CCC1COCCN1Cc1cc(CNC2CC2)sc1C. The van der Waals surface area contributed by atoms with Gasteiger partial charge in [-0.1, -0.05) is 6.92 Å². The van der Waals surface area contributed by atoms with E-state index in [9.17, 15) is 0 Å². The van der Waals surface area contributed by atoms with Gasteiger partial charge in [-0.05, 0) is 37.8 Å². The van der Waals surface area contributed by atoms with Crippen molar-refractivity contribution in [2.75, 3.05) is 19.8 Å². The quantitative estimate of drug-likeness (QED) is 0.873. The van der Waals surface area contributed by atoms with Gasteiger partial charge in [-0.15, -0.1) is 11.3 Å². The number of hydrogen-bond donors (Lipinski definition) is 1. The Morgan fingerprint density at radius 2 is 2.30 bits per heavy atom. The van der Waals surface area contributed by atoms with E-state index in [1.54, 1.807) is 0 Å². The minimum absolute atomic E-state index is 0.594. The summed E-state index contributed by atoms with van der Waals surface area (Å²) in [7, 11) is 0. The van der Waals surface area contributed by atoms with Gasteiger partial charge in [0.25, 0.3) is 0 Å². The van der Waals surface area contributed by atoms with Crippen LogP contribution in [0.15, 0.2) is 6.07 Å². The zero-order valence-corrected chi connectivity index (χ0v) is 13.5. The second kappa shape index (κ2) is 6.56. The van der Waals surface area contributed by atoms with Gasteiger partial charge in [0.05, 0.1) is 13.2 Å². The molecule has 1 aromatic rings. The zero-order chi connectivity index (χ0) is 13.9. The molecule has 0 amide bonds. The summed E-state index contributed by atoms with van der Waals surface area (Å²) in [6.45, 7) is 9.53. The first-order valence-electron chi connectivity index (χ1n) is 7.89. The van der Waals surface area contributed by atoms with Crippen LogP contribution in [0.4, 0.5) is 0 Å². The molecule has 112 valence electrons. The van der Waals surface area contributed by atoms with Crippen LogP contribution in [0.3, 0.4) is 0 Å². The summed E-state index contributed by atoms with van der Waals surface area (Å²) >= 11 is 1.96. The molecule has 1 atom stereocenters. The summed E-state index contributed by atoms with van der Waals surface area (Å²) in [6.07, 6.45) is 3.91. The van der Waals surface area contributed by atoms with Crippen LogP contribution in [0, 0.1) is 6.92 Å². The number of ether oxygens (including phenoxy) is 1. The van der Waals surface area contributed by atoms with E-state index in [4.69, 9.17) is 4.74 Å². The van der Waals surface area contributed by atoms with Gasteiger partial charge in [-0.2, -0.15) is 0 Å². The van der Waals surface area contributed by atoms with Crippen LogP contribution in [0.2, 0.25) is 0 Å². The number of nitrogens with one attached hydrogen (secondary N) is 1. The van der Waals surface area contributed by atoms with Crippen molar-refractivity contribution in [3.8, 4) is 0 Å². The summed E-state index contributed by atoms with van der Waals surface area (Å²) in [5, 5.41) is 3.61. The predicted molar refractivity (Wildman–Crippen MR) is 84.2 cm³/mol. The minimum atomic E-state index is 0.594. The van der Waals surface area contributed by atoms with Crippen LogP contribution in [-0.2, 0) is 17.8 Å². The van der Waals surface area contributed by atoms with Crippen molar-refractivity contribution in [1.82, 2.24) is 10.2 Å². The molecule has 1 saturated heterocycles. The number of rotatable bonds is 6. The molecule has 1 N–H and O–H groups in total. The molecule has 1 aliphatic heterocycles. The molecule has 20 heavy (non-hydrogen) atoms. The van der Waals surface area contributed by atoms with Gasteiger partial charge in [-0.25, -0.2) is 0 Å². The molecule has 3 nitrogen and oxygen atoms in total. The van der Waals surface area contributed by atoms with Crippen molar-refractivity contribution in [3.63, 3.8) is 0 Å². The second-order valence-electron chi connectivity index (χ2n) is 6.06. The van der Waals surface area contributed by atoms with Crippen molar-refractivity contribution in [2.45, 2.75) is 58.3 Å². The Balaban J connectivity index is 1.60. The van der Waals surface area contributed by atoms with Crippen LogP contribution in [0.5, 0.6) is 0 Å². The first-order valence-corrected chi connectivity index (χ1v) is 8.71. The molecule has 2 aliphatic rings. The first-order chi connectivity index (χ1) is 9.76. The number of nitrogens with zero attached hydrogens (tertiary/aromatic N) is 1. The highest BCUT2D eigenvalue weighted by molar-refractivity contribution is 7.12. The van der Waals surface area contributed by atoms with Gasteiger partial charge in [0.15, 0.2) is 0 Å². The normalized spacial score (nSPS) is 24.2. The number of hydrogen-bond acceptors (Lipinski definition) is 4. The number of thiophene rings is 1. The summed E-state index contributed by atoms with van der Waals surface area (Å²) in [4.78, 5) is 5.57. The lowest BCUT2D eigenvalue weighted by molar-refractivity contribution is -0.0127. The van der Waals surface area contributed by atoms with Gasteiger partial charge >= 0.3 is 0 Å². The van der Waals surface area contributed by atoms with Crippen molar-refractivity contribution < 1.29 is 4.74 Å². The molecule has 1 saturated carbocycles. The molecule has 3 rings (SSSR count). The molecule has 2 heterocycles. The number of morpholine rings is 1. The molecule has 0 bridgehead atoms. The maximum absolute atomic E-state index is 5.60. The Kier molecular flexibility index (Phi) is 4.76. The van der Waals surface area contributed by atoms with Crippen LogP contribution in [0.25, 0.3) is 0 Å². The summed E-state index contributed by atoms with van der Waals surface area (Å²) in [6, 6.07) is 3.80. The van der Waals surface area contributed by atoms with Gasteiger partial charge in [0.2, 0.25) is 0 Å². The Hall–Kier alpha value is -0.420. The van der Waals surface area contributed by atoms with E-state index < -0.39 is 0 Å². The Bertz CT molecular complexity index is 442. The van der Waals surface area contributed by atoms with Crippen molar-refractivity contribution in [2.24, 2.45) is 0 Å². The van der Waals surface area contributed by atoms with E-state index in [0.717, 1.165) is 38.9 Å². The van der Waals surface area contributed by atoms with E-state index in [2.05, 4.69) is 30.1 Å². The topological polar surface area (TPSA) is 24.5 Å². The maximum Gasteiger partial charge on any atom is 0.0622 e. The molecule has 1 aliphatic carbocycles. The third kappa shape index (κ3) is 3.61. The molecule has 0 spiro atoms. The Morgan fingerprint density at radius 3 is 3.05 bits per heavy atom. The average Bonchev–Trinajstić information content (AvgIpc) is 3.23.